The van der Waals surface area contributed by atoms with Crippen LogP contribution in [-0.4, -0.2) is 64.8 Å². The molecule has 1 fully saturated rings. The Balaban J connectivity index is 1.44. The number of nitrogens with one attached hydrogen (secondary N) is 1. The van der Waals surface area contributed by atoms with Crippen molar-refractivity contribution in [3.8, 4) is 0 Å². The summed E-state index contributed by atoms with van der Waals surface area (Å²) >= 11 is 0. The van der Waals surface area contributed by atoms with Crippen molar-refractivity contribution in [3.05, 3.63) is 65.2 Å². The van der Waals surface area contributed by atoms with E-state index in [1.165, 1.54) is 16.8 Å². The van der Waals surface area contributed by atoms with Gasteiger partial charge in [0.05, 0.1) is 11.5 Å². The van der Waals surface area contributed by atoms with Gasteiger partial charge in [0.15, 0.2) is 15.8 Å². The van der Waals surface area contributed by atoms with Crippen LogP contribution in [0.25, 0.3) is 0 Å². The summed E-state index contributed by atoms with van der Waals surface area (Å²) in [6.07, 6.45) is 0.566. The van der Waals surface area contributed by atoms with Crippen LogP contribution in [0.3, 0.4) is 0 Å². The minimum absolute atomic E-state index is 0.100. The molecule has 0 amide bonds. The van der Waals surface area contributed by atoms with Crippen molar-refractivity contribution < 1.29 is 8.42 Å². The molecule has 0 radical (unpaired) electrons. The molecule has 0 unspecified atom stereocenters. The molecule has 0 spiro atoms. The highest BCUT2D eigenvalue weighted by molar-refractivity contribution is 7.90. The predicted molar refractivity (Wildman–Crippen MR) is 130 cm³/mol. The maximum atomic E-state index is 12.4. The zero-order valence-electron chi connectivity index (χ0n) is 18.8. The van der Waals surface area contributed by atoms with Gasteiger partial charge in [-0.05, 0) is 43.0 Å². The van der Waals surface area contributed by atoms with E-state index in [4.69, 9.17) is 0 Å². The number of rotatable bonds is 7. The van der Waals surface area contributed by atoms with Crippen molar-refractivity contribution in [3.63, 3.8) is 0 Å². The highest BCUT2D eigenvalue weighted by Crippen LogP contribution is 2.23. The van der Waals surface area contributed by atoms with E-state index >= 15 is 0 Å². The molecule has 2 aromatic rings. The number of sulfone groups is 1. The molecule has 0 bridgehead atoms. The molecule has 168 valence electrons. The Kier molecular flexibility index (Phi) is 7.96. The third kappa shape index (κ3) is 6.47. The predicted octanol–water partition coefficient (Wildman–Crippen LogP) is 3.01. The minimum Gasteiger partial charge on any atom is -0.368 e. The van der Waals surface area contributed by atoms with E-state index in [-0.39, 0.29) is 11.5 Å². The summed E-state index contributed by atoms with van der Waals surface area (Å²) in [5.74, 6) is 1.12. The van der Waals surface area contributed by atoms with Crippen LogP contribution >= 0.6 is 0 Å². The van der Waals surface area contributed by atoms with E-state index in [1.54, 1.807) is 7.05 Å². The fraction of sp³-hybridized carbons (Fsp3) is 0.458. The van der Waals surface area contributed by atoms with Gasteiger partial charge in [0, 0.05) is 45.5 Å². The molecule has 1 N–H and O–H groups in total. The number of anilines is 1. The lowest BCUT2D eigenvalue weighted by molar-refractivity contribution is 0.372. The molecule has 1 heterocycles. The van der Waals surface area contributed by atoms with Crippen molar-refractivity contribution >= 4 is 21.5 Å². The smallest absolute Gasteiger partial charge is 0.193 e. The van der Waals surface area contributed by atoms with E-state index in [1.807, 2.05) is 30.3 Å². The Morgan fingerprint density at radius 2 is 1.71 bits per heavy atom. The van der Waals surface area contributed by atoms with E-state index in [0.29, 0.717) is 13.0 Å². The van der Waals surface area contributed by atoms with Crippen LogP contribution in [-0.2, 0) is 15.6 Å². The number of aryl methyl sites for hydroxylation is 1. The molecule has 2 aromatic carbocycles. The van der Waals surface area contributed by atoms with Crippen LogP contribution in [0.1, 0.15) is 23.1 Å². The maximum Gasteiger partial charge on any atom is 0.193 e. The van der Waals surface area contributed by atoms with Crippen LogP contribution < -0.4 is 10.2 Å². The van der Waals surface area contributed by atoms with Crippen molar-refractivity contribution in [1.29, 1.82) is 0 Å². The number of benzene rings is 2. The second-order valence-corrected chi connectivity index (χ2v) is 10.3. The van der Waals surface area contributed by atoms with Gasteiger partial charge in [-0.25, -0.2) is 8.42 Å². The summed E-state index contributed by atoms with van der Waals surface area (Å²) in [7, 11) is -1.33. The van der Waals surface area contributed by atoms with Gasteiger partial charge in [-0.2, -0.15) is 0 Å². The topological polar surface area (TPSA) is 65.0 Å². The molecule has 0 aliphatic carbocycles. The summed E-state index contributed by atoms with van der Waals surface area (Å²) in [6, 6.07) is 15.8. The summed E-state index contributed by atoms with van der Waals surface area (Å²) in [4.78, 5) is 9.09. The Morgan fingerprint density at radius 1 is 1.00 bits per heavy atom. The average molecular weight is 443 g/mol. The molecule has 6 nitrogen and oxygen atoms in total. The monoisotopic (exact) mass is 442 g/mol. The lowest BCUT2D eigenvalue weighted by Crippen LogP contribution is -2.52. The number of guanidine groups is 1. The van der Waals surface area contributed by atoms with E-state index in [2.05, 4.69) is 52.2 Å². The minimum atomic E-state index is -3.11. The molecular formula is C24H34N4O2S. The van der Waals surface area contributed by atoms with Gasteiger partial charge in [-0.15, -0.1) is 0 Å². The standard InChI is InChI=1S/C24H34N4O2S/c1-20-9-7-12-23(21(20)2)27-14-16-28(17-15-27)24(25-3)26-13-8-18-31(29,30)19-22-10-5-4-6-11-22/h4-7,9-12H,8,13-19H2,1-3H3,(H,25,26). The quantitative estimate of drug-likeness (QED) is 0.406. The normalized spacial score (nSPS) is 15.3. The fourth-order valence-electron chi connectivity index (χ4n) is 3.96. The third-order valence-electron chi connectivity index (χ3n) is 5.85. The molecule has 0 saturated carbocycles. The summed E-state index contributed by atoms with van der Waals surface area (Å²) < 4.78 is 24.7. The van der Waals surface area contributed by atoms with Crippen molar-refractivity contribution in [2.75, 3.05) is 50.4 Å². The van der Waals surface area contributed by atoms with Crippen molar-refractivity contribution in [1.82, 2.24) is 10.2 Å². The Morgan fingerprint density at radius 3 is 2.39 bits per heavy atom. The molecular weight excluding hydrogens is 408 g/mol. The zero-order chi connectivity index (χ0) is 22.3. The summed E-state index contributed by atoms with van der Waals surface area (Å²) in [6.45, 7) is 8.59. The van der Waals surface area contributed by atoms with Crippen molar-refractivity contribution in [2.45, 2.75) is 26.0 Å². The van der Waals surface area contributed by atoms with Crippen LogP contribution in [0.4, 0.5) is 5.69 Å². The van der Waals surface area contributed by atoms with E-state index in [9.17, 15) is 8.42 Å². The Bertz CT molecular complexity index is 982. The van der Waals surface area contributed by atoms with E-state index in [0.717, 1.165) is 37.7 Å². The second-order valence-electron chi connectivity index (χ2n) is 8.10. The highest BCUT2D eigenvalue weighted by atomic mass is 32.2. The van der Waals surface area contributed by atoms with Gasteiger partial charge >= 0.3 is 0 Å². The van der Waals surface area contributed by atoms with Crippen LogP contribution in [0.2, 0.25) is 0 Å². The largest absolute Gasteiger partial charge is 0.368 e. The van der Waals surface area contributed by atoms with Crippen LogP contribution in [0, 0.1) is 13.8 Å². The third-order valence-corrected chi connectivity index (χ3v) is 7.54. The van der Waals surface area contributed by atoms with Crippen LogP contribution in [0.5, 0.6) is 0 Å². The maximum absolute atomic E-state index is 12.4. The van der Waals surface area contributed by atoms with Gasteiger partial charge in [-0.3, -0.25) is 4.99 Å². The molecule has 1 aliphatic rings. The number of aliphatic imine (C=N–C) groups is 1. The summed E-state index contributed by atoms with van der Waals surface area (Å²) in [5.41, 5.74) is 4.81. The number of hydrogen-bond acceptors (Lipinski definition) is 4. The molecule has 1 saturated heterocycles. The average Bonchev–Trinajstić information content (AvgIpc) is 2.76. The molecule has 3 rings (SSSR count). The first-order chi connectivity index (χ1) is 14.9. The lowest BCUT2D eigenvalue weighted by atomic mass is 10.1. The molecule has 31 heavy (non-hydrogen) atoms. The Labute approximate surface area is 186 Å². The van der Waals surface area contributed by atoms with Gasteiger partial charge in [0.1, 0.15) is 0 Å². The fourth-order valence-corrected chi connectivity index (χ4v) is 5.39. The highest BCUT2D eigenvalue weighted by Gasteiger charge is 2.21. The van der Waals surface area contributed by atoms with Gasteiger partial charge in [-0.1, -0.05) is 42.5 Å². The molecule has 1 aliphatic heterocycles. The first-order valence-corrected chi connectivity index (χ1v) is 12.7. The summed E-state index contributed by atoms with van der Waals surface area (Å²) in [5, 5.41) is 3.34. The number of nitrogens with zero attached hydrogens (tertiary/aromatic N) is 3. The second kappa shape index (κ2) is 10.7. The number of hydrogen-bond donors (Lipinski definition) is 1. The van der Waals surface area contributed by atoms with Crippen molar-refractivity contribution in [2.24, 2.45) is 4.99 Å². The van der Waals surface area contributed by atoms with Gasteiger partial charge < -0.3 is 15.1 Å². The molecule has 0 aromatic heterocycles. The van der Waals surface area contributed by atoms with Crippen LogP contribution in [0.15, 0.2) is 53.5 Å². The number of piperazine rings is 1. The van der Waals surface area contributed by atoms with E-state index < -0.39 is 9.84 Å². The molecule has 0 atom stereocenters. The molecule has 7 heteroatoms. The lowest BCUT2D eigenvalue weighted by Gasteiger charge is -2.38. The van der Waals surface area contributed by atoms with Gasteiger partial charge in [0.25, 0.3) is 0 Å². The Hall–Kier alpha value is -2.54. The first-order valence-electron chi connectivity index (χ1n) is 10.9. The SMILES string of the molecule is CN=C(NCCCS(=O)(=O)Cc1ccccc1)N1CCN(c2cccc(C)c2C)CC1. The zero-order valence-corrected chi connectivity index (χ0v) is 19.7. The van der Waals surface area contributed by atoms with Gasteiger partial charge in [0.2, 0.25) is 0 Å². The first kappa shape index (κ1) is 23.1.